The zero-order valence-electron chi connectivity index (χ0n) is 9.54. The normalized spacial score (nSPS) is 11.2. The molecular weight excluding hydrogens is 273 g/mol. The fraction of sp³-hybridized carbons (Fsp3) is 0. The van der Waals surface area contributed by atoms with Gasteiger partial charge < -0.3 is 10.2 Å². The van der Waals surface area contributed by atoms with E-state index in [1.807, 2.05) is 0 Å². The highest BCUT2D eigenvalue weighted by Gasteiger charge is 2.14. The number of sulfonamides is 1. The monoisotopic (exact) mass is 283 g/mol. The number of phenols is 2. The second-order valence-corrected chi connectivity index (χ2v) is 5.48. The summed E-state index contributed by atoms with van der Waals surface area (Å²) in [6, 6.07) is 7.61. The summed E-state index contributed by atoms with van der Waals surface area (Å²) >= 11 is 0. The molecule has 0 bridgehead atoms. The smallest absolute Gasteiger partial charge is 0.261 e. The quantitative estimate of drug-likeness (QED) is 0.804. The largest absolute Gasteiger partial charge is 0.508 e. The average Bonchev–Trinajstić information content (AvgIpc) is 2.27. The molecule has 0 aliphatic heterocycles. The predicted molar refractivity (Wildman–Crippen MR) is 67.0 cm³/mol. The van der Waals surface area contributed by atoms with Crippen molar-refractivity contribution in [3.8, 4) is 11.5 Å². The van der Waals surface area contributed by atoms with Crippen molar-refractivity contribution in [3.05, 3.63) is 48.3 Å². The van der Waals surface area contributed by atoms with Crippen LogP contribution in [0.15, 0.2) is 47.4 Å². The molecule has 0 spiro atoms. The van der Waals surface area contributed by atoms with Gasteiger partial charge in [0, 0.05) is 18.2 Å². The minimum absolute atomic E-state index is 0.00169. The maximum Gasteiger partial charge on any atom is 0.261 e. The SMILES string of the molecule is O=S(=O)(Nc1cc(O)cc(O)c1)c1ccc(F)cc1. The molecular formula is C12H10FNO4S. The minimum Gasteiger partial charge on any atom is -0.508 e. The lowest BCUT2D eigenvalue weighted by Gasteiger charge is -2.08. The van der Waals surface area contributed by atoms with Crippen molar-refractivity contribution in [2.75, 3.05) is 4.72 Å². The van der Waals surface area contributed by atoms with Gasteiger partial charge in [0.15, 0.2) is 0 Å². The van der Waals surface area contributed by atoms with Crippen LogP contribution in [-0.2, 0) is 10.0 Å². The number of rotatable bonds is 3. The van der Waals surface area contributed by atoms with Gasteiger partial charge >= 0.3 is 0 Å². The topological polar surface area (TPSA) is 86.6 Å². The van der Waals surface area contributed by atoms with E-state index >= 15 is 0 Å². The summed E-state index contributed by atoms with van der Waals surface area (Å²) in [5.41, 5.74) is 0.00169. The molecule has 2 aromatic rings. The van der Waals surface area contributed by atoms with Crippen molar-refractivity contribution in [3.63, 3.8) is 0 Å². The Hall–Kier alpha value is -2.28. The number of aromatic hydroxyl groups is 2. The van der Waals surface area contributed by atoms with Crippen LogP contribution in [0.1, 0.15) is 0 Å². The first-order valence-corrected chi connectivity index (χ1v) is 6.66. The van der Waals surface area contributed by atoms with Crippen molar-refractivity contribution in [2.24, 2.45) is 0 Å². The molecule has 0 saturated heterocycles. The fourth-order valence-electron chi connectivity index (χ4n) is 1.48. The van der Waals surface area contributed by atoms with Crippen LogP contribution in [0.4, 0.5) is 10.1 Å². The predicted octanol–water partition coefficient (Wildman–Crippen LogP) is 2.04. The number of hydrogen-bond donors (Lipinski definition) is 3. The summed E-state index contributed by atoms with van der Waals surface area (Å²) in [6.45, 7) is 0. The lowest BCUT2D eigenvalue weighted by Crippen LogP contribution is -2.12. The maximum absolute atomic E-state index is 12.7. The van der Waals surface area contributed by atoms with Crippen LogP contribution in [0, 0.1) is 5.82 Å². The molecule has 0 unspecified atom stereocenters. The van der Waals surface area contributed by atoms with Crippen LogP contribution in [0.25, 0.3) is 0 Å². The Bertz CT molecular complexity index is 678. The van der Waals surface area contributed by atoms with Crippen LogP contribution in [0.2, 0.25) is 0 Å². The summed E-state index contributed by atoms with van der Waals surface area (Å²) in [6.07, 6.45) is 0. The summed E-state index contributed by atoms with van der Waals surface area (Å²) in [5.74, 6) is -1.11. The first-order chi connectivity index (χ1) is 8.87. The highest BCUT2D eigenvalue weighted by Crippen LogP contribution is 2.25. The van der Waals surface area contributed by atoms with E-state index in [-0.39, 0.29) is 22.1 Å². The van der Waals surface area contributed by atoms with E-state index in [0.717, 1.165) is 42.5 Å². The number of hydrogen-bond acceptors (Lipinski definition) is 4. The Labute approximate surface area is 109 Å². The molecule has 0 heterocycles. The Kier molecular flexibility index (Phi) is 3.30. The molecule has 0 aromatic heterocycles. The van der Waals surface area contributed by atoms with Gasteiger partial charge in [0.1, 0.15) is 17.3 Å². The molecule has 2 aromatic carbocycles. The van der Waals surface area contributed by atoms with E-state index in [1.165, 1.54) is 0 Å². The zero-order chi connectivity index (χ0) is 14.0. The van der Waals surface area contributed by atoms with Crippen molar-refractivity contribution < 1.29 is 23.0 Å². The van der Waals surface area contributed by atoms with Crippen LogP contribution < -0.4 is 4.72 Å². The second-order valence-electron chi connectivity index (χ2n) is 3.80. The molecule has 0 radical (unpaired) electrons. The maximum atomic E-state index is 12.7. The molecule has 5 nitrogen and oxygen atoms in total. The lowest BCUT2D eigenvalue weighted by molar-refractivity contribution is 0.451. The van der Waals surface area contributed by atoms with Gasteiger partial charge in [-0.25, -0.2) is 12.8 Å². The van der Waals surface area contributed by atoms with E-state index in [4.69, 9.17) is 0 Å². The first kappa shape index (κ1) is 13.2. The molecule has 3 N–H and O–H groups in total. The van der Waals surface area contributed by atoms with Gasteiger partial charge in [-0.15, -0.1) is 0 Å². The molecule has 0 amide bonds. The molecule has 0 fully saturated rings. The van der Waals surface area contributed by atoms with Gasteiger partial charge in [0.25, 0.3) is 10.0 Å². The number of halogens is 1. The van der Waals surface area contributed by atoms with Gasteiger partial charge in [-0.1, -0.05) is 0 Å². The van der Waals surface area contributed by atoms with Gasteiger partial charge in [-0.2, -0.15) is 0 Å². The Morgan fingerprint density at radius 1 is 0.947 bits per heavy atom. The van der Waals surface area contributed by atoms with Crippen molar-refractivity contribution >= 4 is 15.7 Å². The molecule has 7 heteroatoms. The minimum atomic E-state index is -3.90. The third kappa shape index (κ3) is 3.14. The Morgan fingerprint density at radius 3 is 2.00 bits per heavy atom. The molecule has 2 rings (SSSR count). The molecule has 0 saturated carbocycles. The van der Waals surface area contributed by atoms with Crippen LogP contribution in [-0.4, -0.2) is 18.6 Å². The number of nitrogens with one attached hydrogen (secondary N) is 1. The fourth-order valence-corrected chi connectivity index (χ4v) is 2.52. The summed E-state index contributed by atoms with van der Waals surface area (Å²) in [4.78, 5) is -0.128. The van der Waals surface area contributed by atoms with E-state index in [0.29, 0.717) is 0 Å². The van der Waals surface area contributed by atoms with E-state index in [9.17, 15) is 23.0 Å². The third-order valence-electron chi connectivity index (χ3n) is 2.28. The van der Waals surface area contributed by atoms with Crippen molar-refractivity contribution in [1.29, 1.82) is 0 Å². The molecule has 19 heavy (non-hydrogen) atoms. The third-order valence-corrected chi connectivity index (χ3v) is 3.68. The molecule has 0 aliphatic carbocycles. The van der Waals surface area contributed by atoms with Gasteiger partial charge in [0.2, 0.25) is 0 Å². The number of phenolic OH excluding ortho intramolecular Hbond substituents is 2. The summed E-state index contributed by atoms with van der Waals surface area (Å²) < 4.78 is 38.8. The van der Waals surface area contributed by atoms with E-state index in [2.05, 4.69) is 4.72 Å². The zero-order valence-corrected chi connectivity index (χ0v) is 10.4. The molecule has 100 valence electrons. The highest BCUT2D eigenvalue weighted by atomic mass is 32.2. The van der Waals surface area contributed by atoms with Gasteiger partial charge in [-0.3, -0.25) is 4.72 Å². The summed E-state index contributed by atoms with van der Waals surface area (Å²) in [5, 5.41) is 18.5. The van der Waals surface area contributed by atoms with Crippen molar-refractivity contribution in [1.82, 2.24) is 0 Å². The van der Waals surface area contributed by atoms with Gasteiger partial charge in [-0.05, 0) is 24.3 Å². The molecule has 0 aliphatic rings. The highest BCUT2D eigenvalue weighted by molar-refractivity contribution is 7.92. The van der Waals surface area contributed by atoms with E-state index < -0.39 is 15.8 Å². The van der Waals surface area contributed by atoms with Gasteiger partial charge in [0.05, 0.1) is 10.6 Å². The Balaban J connectivity index is 2.33. The summed E-state index contributed by atoms with van der Waals surface area (Å²) in [7, 11) is -3.90. The average molecular weight is 283 g/mol. The van der Waals surface area contributed by atoms with Crippen LogP contribution in [0.3, 0.4) is 0 Å². The number of benzene rings is 2. The van der Waals surface area contributed by atoms with Crippen molar-refractivity contribution in [2.45, 2.75) is 4.90 Å². The first-order valence-electron chi connectivity index (χ1n) is 5.18. The standard InChI is InChI=1S/C12H10FNO4S/c13-8-1-3-12(4-2-8)19(17,18)14-9-5-10(15)7-11(16)6-9/h1-7,14-16H. The lowest BCUT2D eigenvalue weighted by atomic mass is 10.3. The van der Waals surface area contributed by atoms with Crippen LogP contribution in [0.5, 0.6) is 11.5 Å². The molecule has 0 atom stereocenters. The van der Waals surface area contributed by atoms with Crippen LogP contribution >= 0.6 is 0 Å². The number of anilines is 1. The second kappa shape index (κ2) is 4.77. The van der Waals surface area contributed by atoms with E-state index in [1.54, 1.807) is 0 Å². The Morgan fingerprint density at radius 2 is 1.47 bits per heavy atom.